The van der Waals surface area contributed by atoms with Gasteiger partial charge in [0, 0.05) is 41.0 Å². The van der Waals surface area contributed by atoms with Crippen molar-refractivity contribution in [2.75, 3.05) is 0 Å². The minimum absolute atomic E-state index is 0.0170. The van der Waals surface area contributed by atoms with E-state index >= 15 is 0 Å². The molecule has 0 unspecified atom stereocenters. The van der Waals surface area contributed by atoms with Crippen LogP contribution < -0.4 is 10.1 Å². The van der Waals surface area contributed by atoms with Crippen molar-refractivity contribution in [3.8, 4) is 11.1 Å². The van der Waals surface area contributed by atoms with E-state index in [1.54, 1.807) is 10.6 Å². The Morgan fingerprint density at radius 3 is 2.77 bits per heavy atom. The number of nitrogens with zero attached hydrogens (tertiary/aromatic N) is 4. The summed E-state index contributed by atoms with van der Waals surface area (Å²) in [4.78, 5) is 18.8. The Morgan fingerprint density at radius 2 is 2.00 bits per heavy atom. The third-order valence-corrected chi connectivity index (χ3v) is 6.66. The zero-order valence-corrected chi connectivity index (χ0v) is 19.0. The predicted molar refractivity (Wildman–Crippen MR) is 126 cm³/mol. The molecule has 0 aliphatic heterocycles. The third-order valence-electron chi connectivity index (χ3n) is 5.56. The molecule has 7 heteroatoms. The van der Waals surface area contributed by atoms with Crippen LogP contribution in [0.5, 0.6) is 0 Å². The number of fused-ring (bicyclic) bond motifs is 2. The largest absolute Gasteiger partial charge is 0.350 e. The summed E-state index contributed by atoms with van der Waals surface area (Å²) in [6.45, 7) is 5.70. The van der Waals surface area contributed by atoms with Gasteiger partial charge in [-0.2, -0.15) is 4.40 Å². The molecule has 5 nitrogen and oxygen atoms in total. The second-order valence-electron chi connectivity index (χ2n) is 7.69. The smallest absolute Gasteiger partial charge is 0.347 e. The summed E-state index contributed by atoms with van der Waals surface area (Å²) in [6.07, 6.45) is 8.76. The zero-order valence-electron chi connectivity index (χ0n) is 17.4. The highest BCUT2D eigenvalue weighted by molar-refractivity contribution is 7.15. The van der Waals surface area contributed by atoms with E-state index in [1.165, 1.54) is 11.3 Å². The van der Waals surface area contributed by atoms with Crippen molar-refractivity contribution in [2.45, 2.75) is 33.4 Å². The van der Waals surface area contributed by atoms with Gasteiger partial charge in [0.05, 0.1) is 11.1 Å². The topological polar surface area (TPSA) is 43.2 Å². The fourth-order valence-electron chi connectivity index (χ4n) is 4.26. The Balaban J connectivity index is 1.80. The van der Waals surface area contributed by atoms with Crippen LogP contribution in [0.25, 0.3) is 27.7 Å². The second-order valence-corrected chi connectivity index (χ2v) is 9.39. The molecule has 5 rings (SSSR count). The standard InChI is InChI=1S/C24H22ClN4OS/c1-3-10-27-14-19(18-8-4-5-9-21(18)27)20-15-28(13-17-12-26-24(25)31-17)22-16(2)7-6-11-29(22)23(20)30/h4-9,11-12,14-15H,3,10,13H2,1-2H3/q+1. The van der Waals surface area contributed by atoms with Gasteiger partial charge in [0.25, 0.3) is 5.65 Å². The maximum absolute atomic E-state index is 13.6. The highest BCUT2D eigenvalue weighted by Crippen LogP contribution is 2.29. The normalized spacial score (nSPS) is 11.6. The van der Waals surface area contributed by atoms with E-state index in [1.807, 2.05) is 43.6 Å². The van der Waals surface area contributed by atoms with Gasteiger partial charge >= 0.3 is 5.56 Å². The fraction of sp³-hybridized carbons (Fsp3) is 0.208. The molecule has 156 valence electrons. The number of aromatic nitrogens is 4. The Hall–Kier alpha value is -2.96. The quantitative estimate of drug-likeness (QED) is 0.351. The number of rotatable bonds is 5. The zero-order chi connectivity index (χ0) is 21.5. The number of hydrogen-bond donors (Lipinski definition) is 0. The molecule has 5 aromatic rings. The van der Waals surface area contributed by atoms with Crippen LogP contribution in [-0.4, -0.2) is 14.0 Å². The summed E-state index contributed by atoms with van der Waals surface area (Å²) in [7, 11) is 0. The minimum Gasteiger partial charge on any atom is -0.347 e. The Kier molecular flexibility index (Phi) is 5.12. The number of pyridine rings is 1. The van der Waals surface area contributed by atoms with E-state index in [4.69, 9.17) is 11.6 Å². The van der Waals surface area contributed by atoms with Crippen LogP contribution in [0.2, 0.25) is 4.47 Å². The molecule has 4 heterocycles. The predicted octanol–water partition coefficient (Wildman–Crippen LogP) is 5.09. The highest BCUT2D eigenvalue weighted by Gasteiger charge is 2.22. The van der Waals surface area contributed by atoms with Crippen molar-refractivity contribution < 1.29 is 4.57 Å². The number of hydrogen-bond acceptors (Lipinski definition) is 3. The SMILES string of the molecule is CCCn1cc(-c2c[n+](Cc3cnc(Cl)s3)c3c(C)cccn3c2=O)c2ccccc21. The van der Waals surface area contributed by atoms with Gasteiger partial charge < -0.3 is 4.57 Å². The first-order valence-electron chi connectivity index (χ1n) is 10.3. The summed E-state index contributed by atoms with van der Waals surface area (Å²) >= 11 is 7.52. The molecule has 0 aliphatic rings. The van der Waals surface area contributed by atoms with E-state index in [0.29, 0.717) is 16.6 Å². The van der Waals surface area contributed by atoms with E-state index < -0.39 is 0 Å². The number of aryl methyl sites for hydroxylation is 2. The Bertz CT molecular complexity index is 1480. The summed E-state index contributed by atoms with van der Waals surface area (Å²) in [6, 6.07) is 12.2. The molecule has 0 radical (unpaired) electrons. The molecule has 0 spiro atoms. The molecule has 1 aromatic carbocycles. The Labute approximate surface area is 188 Å². The first kappa shape index (κ1) is 20.0. The summed E-state index contributed by atoms with van der Waals surface area (Å²) in [5.41, 5.74) is 4.68. The molecular formula is C24H22ClN4OS+. The molecule has 0 bridgehead atoms. The van der Waals surface area contributed by atoms with Gasteiger partial charge in [-0.1, -0.05) is 36.7 Å². The van der Waals surface area contributed by atoms with Gasteiger partial charge in [-0.05, 0) is 31.5 Å². The van der Waals surface area contributed by atoms with Crippen LogP contribution in [0, 0.1) is 6.92 Å². The molecular weight excluding hydrogens is 428 g/mol. The van der Waals surface area contributed by atoms with Crippen molar-refractivity contribution in [3.63, 3.8) is 0 Å². The van der Waals surface area contributed by atoms with Crippen molar-refractivity contribution in [2.24, 2.45) is 0 Å². The number of benzene rings is 1. The van der Waals surface area contributed by atoms with Crippen LogP contribution in [-0.2, 0) is 13.1 Å². The van der Waals surface area contributed by atoms with Gasteiger partial charge in [0.1, 0.15) is 18.3 Å². The number of thiazole rings is 1. The van der Waals surface area contributed by atoms with E-state index in [0.717, 1.165) is 45.5 Å². The van der Waals surface area contributed by atoms with Crippen molar-refractivity contribution >= 4 is 39.5 Å². The molecule has 0 atom stereocenters. The summed E-state index contributed by atoms with van der Waals surface area (Å²) < 4.78 is 6.64. The van der Waals surface area contributed by atoms with Crippen LogP contribution in [0.1, 0.15) is 23.8 Å². The molecule has 0 amide bonds. The van der Waals surface area contributed by atoms with Crippen molar-refractivity contribution in [1.29, 1.82) is 0 Å². The molecule has 0 saturated heterocycles. The van der Waals surface area contributed by atoms with Gasteiger partial charge in [-0.3, -0.25) is 0 Å². The van der Waals surface area contributed by atoms with Crippen LogP contribution in [0.3, 0.4) is 0 Å². The molecule has 31 heavy (non-hydrogen) atoms. The van der Waals surface area contributed by atoms with Gasteiger partial charge in [0.15, 0.2) is 4.47 Å². The monoisotopic (exact) mass is 449 g/mol. The maximum Gasteiger partial charge on any atom is 0.350 e. The first-order valence-corrected chi connectivity index (χ1v) is 11.5. The molecule has 0 N–H and O–H groups in total. The van der Waals surface area contributed by atoms with Crippen molar-refractivity contribution in [3.05, 3.63) is 86.4 Å². The van der Waals surface area contributed by atoms with Crippen LogP contribution in [0.4, 0.5) is 0 Å². The van der Waals surface area contributed by atoms with E-state index in [-0.39, 0.29) is 5.56 Å². The highest BCUT2D eigenvalue weighted by atomic mass is 35.5. The van der Waals surface area contributed by atoms with Gasteiger partial charge in [-0.25, -0.2) is 14.3 Å². The maximum atomic E-state index is 13.6. The fourth-order valence-corrected chi connectivity index (χ4v) is 5.23. The summed E-state index contributed by atoms with van der Waals surface area (Å²) in [5.74, 6) is 0. The lowest BCUT2D eigenvalue weighted by molar-refractivity contribution is -0.665. The van der Waals surface area contributed by atoms with Gasteiger partial charge in [0.2, 0.25) is 0 Å². The average Bonchev–Trinajstić information content (AvgIpc) is 3.34. The van der Waals surface area contributed by atoms with Crippen molar-refractivity contribution in [1.82, 2.24) is 14.0 Å². The summed E-state index contributed by atoms with van der Waals surface area (Å²) in [5, 5.41) is 1.09. The average molecular weight is 450 g/mol. The molecule has 4 aromatic heterocycles. The first-order chi connectivity index (χ1) is 15.1. The van der Waals surface area contributed by atoms with E-state index in [9.17, 15) is 4.79 Å². The number of para-hydroxylation sites is 1. The lowest BCUT2D eigenvalue weighted by Crippen LogP contribution is -2.41. The lowest BCUT2D eigenvalue weighted by Gasteiger charge is -2.07. The number of halogens is 1. The van der Waals surface area contributed by atoms with Crippen LogP contribution >= 0.6 is 22.9 Å². The minimum atomic E-state index is -0.0170. The molecule has 0 fully saturated rings. The van der Waals surface area contributed by atoms with Gasteiger partial charge in [-0.15, -0.1) is 11.3 Å². The second kappa shape index (κ2) is 7.94. The van der Waals surface area contributed by atoms with E-state index in [2.05, 4.69) is 39.4 Å². The molecule has 0 saturated carbocycles. The molecule has 0 aliphatic carbocycles. The third kappa shape index (κ3) is 3.46. The lowest BCUT2D eigenvalue weighted by atomic mass is 10.1. The van der Waals surface area contributed by atoms with Crippen LogP contribution in [0.15, 0.2) is 66.0 Å². The Morgan fingerprint density at radius 1 is 1.16 bits per heavy atom.